The zero-order valence-corrected chi connectivity index (χ0v) is 26.1. The molecular formula is C33H33N5O3S2. The van der Waals surface area contributed by atoms with Gasteiger partial charge in [0.25, 0.3) is 0 Å². The number of aromatic nitrogens is 4. The number of nitrogens with one attached hydrogen (secondary N) is 1. The Bertz CT molecular complexity index is 1800. The molecule has 10 heteroatoms. The third kappa shape index (κ3) is 5.94. The van der Waals surface area contributed by atoms with Gasteiger partial charge < -0.3 is 14.6 Å². The Morgan fingerprint density at radius 3 is 2.67 bits per heavy atom. The van der Waals surface area contributed by atoms with E-state index in [0.29, 0.717) is 28.2 Å². The number of benzene rings is 2. The Balaban J connectivity index is 1.26. The highest BCUT2D eigenvalue weighted by atomic mass is 32.2. The fourth-order valence-corrected chi connectivity index (χ4v) is 7.77. The van der Waals surface area contributed by atoms with Crippen LogP contribution in [0, 0.1) is 5.92 Å². The summed E-state index contributed by atoms with van der Waals surface area (Å²) < 4.78 is 7.39. The molecule has 3 heterocycles. The molecule has 0 saturated heterocycles. The number of para-hydroxylation sites is 1. The third-order valence-electron chi connectivity index (χ3n) is 7.64. The van der Waals surface area contributed by atoms with Gasteiger partial charge in [0, 0.05) is 27.9 Å². The molecule has 1 aliphatic rings. The minimum Gasteiger partial charge on any atom is -0.462 e. The summed E-state index contributed by atoms with van der Waals surface area (Å²) in [6.07, 6.45) is 2.76. The molecule has 43 heavy (non-hydrogen) atoms. The SMILES string of the molecule is CCOC(=O)c1c(NC(=O)CSc2nnc(-c3cc(-c4ccccc4)nc4ccccc34)n2CC)sc2c1CCC(C)C2. The van der Waals surface area contributed by atoms with Crippen LogP contribution in [0.1, 0.15) is 48.0 Å². The van der Waals surface area contributed by atoms with Gasteiger partial charge in [-0.2, -0.15) is 0 Å². The molecule has 1 aliphatic carbocycles. The van der Waals surface area contributed by atoms with Crippen molar-refractivity contribution in [2.45, 2.75) is 51.7 Å². The Hall–Kier alpha value is -4.02. The van der Waals surface area contributed by atoms with Crippen molar-refractivity contribution in [3.05, 3.63) is 76.7 Å². The number of esters is 1. The summed E-state index contributed by atoms with van der Waals surface area (Å²) in [5.74, 6) is 0.843. The van der Waals surface area contributed by atoms with E-state index in [9.17, 15) is 9.59 Å². The first-order valence-electron chi connectivity index (χ1n) is 14.6. The number of anilines is 1. The molecule has 0 radical (unpaired) electrons. The van der Waals surface area contributed by atoms with E-state index >= 15 is 0 Å². The summed E-state index contributed by atoms with van der Waals surface area (Å²) in [4.78, 5) is 32.1. The molecule has 5 aromatic rings. The molecule has 0 aliphatic heterocycles. The first-order valence-corrected chi connectivity index (χ1v) is 16.4. The van der Waals surface area contributed by atoms with Gasteiger partial charge in [0.15, 0.2) is 11.0 Å². The predicted molar refractivity (Wildman–Crippen MR) is 173 cm³/mol. The van der Waals surface area contributed by atoms with E-state index < -0.39 is 0 Å². The average Bonchev–Trinajstić information content (AvgIpc) is 3.60. The van der Waals surface area contributed by atoms with Gasteiger partial charge in [0.1, 0.15) is 5.00 Å². The summed E-state index contributed by atoms with van der Waals surface area (Å²) in [6.45, 7) is 6.98. The van der Waals surface area contributed by atoms with Crippen LogP contribution >= 0.6 is 23.1 Å². The lowest BCUT2D eigenvalue weighted by molar-refractivity contribution is -0.113. The number of hydrogen-bond acceptors (Lipinski definition) is 8. The highest BCUT2D eigenvalue weighted by molar-refractivity contribution is 7.99. The van der Waals surface area contributed by atoms with Crippen molar-refractivity contribution in [3.63, 3.8) is 0 Å². The van der Waals surface area contributed by atoms with Gasteiger partial charge in [-0.3, -0.25) is 4.79 Å². The fraction of sp³-hybridized carbons (Fsp3) is 0.303. The Morgan fingerprint density at radius 2 is 1.88 bits per heavy atom. The Morgan fingerprint density at radius 1 is 1.09 bits per heavy atom. The van der Waals surface area contributed by atoms with Gasteiger partial charge in [0.2, 0.25) is 5.91 Å². The second-order valence-corrected chi connectivity index (χ2v) is 12.6. The van der Waals surface area contributed by atoms with Crippen molar-refractivity contribution < 1.29 is 14.3 Å². The molecule has 0 fully saturated rings. The van der Waals surface area contributed by atoms with Gasteiger partial charge in [-0.05, 0) is 56.7 Å². The average molecular weight is 612 g/mol. The quantitative estimate of drug-likeness (QED) is 0.138. The van der Waals surface area contributed by atoms with Crippen LogP contribution in [0.4, 0.5) is 5.00 Å². The number of ether oxygens (including phenoxy) is 1. The van der Waals surface area contributed by atoms with Crippen molar-refractivity contribution in [1.82, 2.24) is 19.7 Å². The molecule has 2 aromatic carbocycles. The number of nitrogens with zero attached hydrogens (tertiary/aromatic N) is 4. The highest BCUT2D eigenvalue weighted by Gasteiger charge is 2.29. The van der Waals surface area contributed by atoms with Crippen LogP contribution in [0.15, 0.2) is 65.8 Å². The van der Waals surface area contributed by atoms with E-state index in [1.165, 1.54) is 28.0 Å². The van der Waals surface area contributed by atoms with E-state index in [0.717, 1.165) is 58.4 Å². The smallest absolute Gasteiger partial charge is 0.341 e. The minimum atomic E-state index is -0.368. The molecule has 1 atom stereocenters. The van der Waals surface area contributed by atoms with E-state index in [1.54, 1.807) is 6.92 Å². The van der Waals surface area contributed by atoms with Gasteiger partial charge in [-0.15, -0.1) is 21.5 Å². The van der Waals surface area contributed by atoms with Crippen LogP contribution in [0.5, 0.6) is 0 Å². The van der Waals surface area contributed by atoms with Crippen LogP contribution in [-0.4, -0.2) is 44.0 Å². The molecule has 3 aromatic heterocycles. The van der Waals surface area contributed by atoms with E-state index in [1.807, 2.05) is 66.1 Å². The molecule has 6 rings (SSSR count). The zero-order valence-electron chi connectivity index (χ0n) is 24.4. The van der Waals surface area contributed by atoms with Crippen molar-refractivity contribution in [2.24, 2.45) is 5.92 Å². The number of carbonyl (C=O) groups is 2. The topological polar surface area (TPSA) is 99.0 Å². The molecule has 8 nitrogen and oxygen atoms in total. The fourth-order valence-electron chi connectivity index (χ4n) is 5.55. The number of fused-ring (bicyclic) bond motifs is 2. The molecule has 220 valence electrons. The summed E-state index contributed by atoms with van der Waals surface area (Å²) in [5, 5.41) is 14.3. The monoisotopic (exact) mass is 611 g/mol. The molecule has 0 saturated carbocycles. The van der Waals surface area contributed by atoms with Gasteiger partial charge >= 0.3 is 5.97 Å². The largest absolute Gasteiger partial charge is 0.462 e. The van der Waals surface area contributed by atoms with E-state index in [4.69, 9.17) is 9.72 Å². The molecule has 0 bridgehead atoms. The Kier molecular flexibility index (Phi) is 8.58. The third-order valence-corrected chi connectivity index (χ3v) is 9.77. The molecular weight excluding hydrogens is 579 g/mol. The molecule has 1 unspecified atom stereocenters. The number of carbonyl (C=O) groups excluding carboxylic acids is 2. The van der Waals surface area contributed by atoms with Gasteiger partial charge in [-0.1, -0.05) is 67.2 Å². The maximum atomic E-state index is 13.2. The normalized spacial score (nSPS) is 14.4. The number of amides is 1. The van der Waals surface area contributed by atoms with Crippen molar-refractivity contribution in [1.29, 1.82) is 0 Å². The maximum absolute atomic E-state index is 13.2. The molecule has 1 amide bonds. The maximum Gasteiger partial charge on any atom is 0.341 e. The van der Waals surface area contributed by atoms with Crippen LogP contribution in [0.25, 0.3) is 33.5 Å². The minimum absolute atomic E-state index is 0.131. The van der Waals surface area contributed by atoms with Gasteiger partial charge in [-0.25, -0.2) is 9.78 Å². The van der Waals surface area contributed by atoms with Crippen LogP contribution in [0.3, 0.4) is 0 Å². The number of thiophene rings is 1. The first-order chi connectivity index (χ1) is 21.0. The number of hydrogen-bond donors (Lipinski definition) is 1. The number of pyridine rings is 1. The summed E-state index contributed by atoms with van der Waals surface area (Å²) in [7, 11) is 0. The second kappa shape index (κ2) is 12.7. The van der Waals surface area contributed by atoms with Crippen molar-refractivity contribution >= 4 is 50.9 Å². The summed E-state index contributed by atoms with van der Waals surface area (Å²) in [6, 6.07) is 20.2. The molecule has 0 spiro atoms. The van der Waals surface area contributed by atoms with Gasteiger partial charge in [0.05, 0.1) is 29.1 Å². The van der Waals surface area contributed by atoms with Crippen molar-refractivity contribution in [2.75, 3.05) is 17.7 Å². The molecule has 1 N–H and O–H groups in total. The predicted octanol–water partition coefficient (Wildman–Crippen LogP) is 7.27. The lowest BCUT2D eigenvalue weighted by Gasteiger charge is -2.18. The summed E-state index contributed by atoms with van der Waals surface area (Å²) in [5.41, 5.74) is 5.24. The zero-order chi connectivity index (χ0) is 29.9. The van der Waals surface area contributed by atoms with Crippen LogP contribution in [-0.2, 0) is 28.9 Å². The lowest BCUT2D eigenvalue weighted by atomic mass is 9.88. The highest BCUT2D eigenvalue weighted by Crippen LogP contribution is 2.40. The first kappa shape index (κ1) is 29.1. The standard InChI is InChI=1S/C33H33N5O3S2/c1-4-38-30(24-18-26(21-11-7-6-8-12-21)34-25-14-10-9-13-22(24)25)36-37-33(38)42-19-28(39)35-31-29(32(40)41-5-2)23-16-15-20(3)17-27(23)43-31/h6-14,18,20H,4-5,15-17,19H2,1-3H3,(H,35,39). The Labute approximate surface area is 258 Å². The summed E-state index contributed by atoms with van der Waals surface area (Å²) >= 11 is 2.83. The second-order valence-electron chi connectivity index (χ2n) is 10.6. The van der Waals surface area contributed by atoms with Crippen LogP contribution < -0.4 is 5.32 Å². The number of thioether (sulfide) groups is 1. The van der Waals surface area contributed by atoms with Crippen molar-refractivity contribution in [3.8, 4) is 22.6 Å². The lowest BCUT2D eigenvalue weighted by Crippen LogP contribution is -2.18. The van der Waals surface area contributed by atoms with E-state index in [2.05, 4.69) is 28.5 Å². The number of rotatable bonds is 9. The van der Waals surface area contributed by atoms with E-state index in [-0.39, 0.29) is 24.2 Å². The van der Waals surface area contributed by atoms with Crippen LogP contribution in [0.2, 0.25) is 0 Å².